The number of carboxylic acid groups (broad SMARTS) is 1. The number of hydrogen-bond donors (Lipinski definition) is 1. The van der Waals surface area contributed by atoms with E-state index < -0.39 is 11.4 Å². The van der Waals surface area contributed by atoms with Gasteiger partial charge in [-0.2, -0.15) is 0 Å². The zero-order valence-electron chi connectivity index (χ0n) is 10.4. The second-order valence-corrected chi connectivity index (χ2v) is 4.71. The fourth-order valence-corrected chi connectivity index (χ4v) is 2.49. The Morgan fingerprint density at radius 2 is 2.00 bits per heavy atom. The number of piperidine rings is 1. The van der Waals surface area contributed by atoms with Gasteiger partial charge in [0.15, 0.2) is 0 Å². The molecule has 0 radical (unpaired) electrons. The van der Waals surface area contributed by atoms with Gasteiger partial charge in [0.2, 0.25) is 5.91 Å². The molecule has 1 heterocycles. The molecule has 0 aliphatic carbocycles. The van der Waals surface area contributed by atoms with Gasteiger partial charge in [0.25, 0.3) is 0 Å². The van der Waals surface area contributed by atoms with Crippen molar-refractivity contribution in [2.24, 2.45) is 5.41 Å². The van der Waals surface area contributed by atoms with E-state index in [1.807, 2.05) is 6.92 Å². The lowest BCUT2D eigenvalue weighted by atomic mass is 9.75. The van der Waals surface area contributed by atoms with Crippen molar-refractivity contribution in [3.8, 4) is 0 Å². The molecule has 1 amide bonds. The summed E-state index contributed by atoms with van der Waals surface area (Å²) in [6, 6.07) is 0. The first-order chi connectivity index (χ1) is 8.05. The lowest BCUT2D eigenvalue weighted by Crippen LogP contribution is -2.46. The van der Waals surface area contributed by atoms with Crippen LogP contribution in [0, 0.1) is 5.41 Å². The standard InChI is InChI=1S/C13H21NO3/c1-3-5-11(15)14-9-7-13(6-4-2,8-10-14)12(16)17/h3H,1,4-10H2,2H3,(H,16,17). The van der Waals surface area contributed by atoms with Crippen LogP contribution in [0.15, 0.2) is 12.7 Å². The zero-order valence-corrected chi connectivity index (χ0v) is 10.4. The first kappa shape index (κ1) is 13.7. The van der Waals surface area contributed by atoms with Crippen molar-refractivity contribution < 1.29 is 14.7 Å². The van der Waals surface area contributed by atoms with Crippen molar-refractivity contribution in [3.63, 3.8) is 0 Å². The summed E-state index contributed by atoms with van der Waals surface area (Å²) in [7, 11) is 0. The first-order valence-electron chi connectivity index (χ1n) is 6.18. The van der Waals surface area contributed by atoms with Gasteiger partial charge in [-0.05, 0) is 19.3 Å². The number of carboxylic acids is 1. The number of carbonyl (C=O) groups is 2. The molecule has 1 rings (SSSR count). The van der Waals surface area contributed by atoms with E-state index in [4.69, 9.17) is 0 Å². The maximum Gasteiger partial charge on any atom is 0.309 e. The third kappa shape index (κ3) is 3.08. The number of nitrogens with zero attached hydrogens (tertiary/aromatic N) is 1. The van der Waals surface area contributed by atoms with Gasteiger partial charge in [0.1, 0.15) is 0 Å². The predicted molar refractivity (Wildman–Crippen MR) is 65.6 cm³/mol. The Morgan fingerprint density at radius 3 is 2.41 bits per heavy atom. The van der Waals surface area contributed by atoms with E-state index in [0.717, 1.165) is 6.42 Å². The summed E-state index contributed by atoms with van der Waals surface area (Å²) in [5.41, 5.74) is -0.611. The van der Waals surface area contributed by atoms with Crippen LogP contribution in [0.5, 0.6) is 0 Å². The Labute approximate surface area is 102 Å². The van der Waals surface area contributed by atoms with Crippen molar-refractivity contribution in [1.29, 1.82) is 0 Å². The van der Waals surface area contributed by atoms with Gasteiger partial charge in [-0.15, -0.1) is 6.58 Å². The van der Waals surface area contributed by atoms with Gasteiger partial charge in [-0.1, -0.05) is 19.4 Å². The molecular weight excluding hydrogens is 218 g/mol. The monoisotopic (exact) mass is 239 g/mol. The van der Waals surface area contributed by atoms with E-state index in [0.29, 0.717) is 38.8 Å². The van der Waals surface area contributed by atoms with Crippen LogP contribution in [-0.4, -0.2) is 35.0 Å². The highest BCUT2D eigenvalue weighted by Gasteiger charge is 2.41. The van der Waals surface area contributed by atoms with E-state index in [1.165, 1.54) is 0 Å². The van der Waals surface area contributed by atoms with Gasteiger partial charge in [0, 0.05) is 19.5 Å². The Balaban J connectivity index is 2.61. The molecule has 0 spiro atoms. The van der Waals surface area contributed by atoms with E-state index in [1.54, 1.807) is 11.0 Å². The molecule has 4 nitrogen and oxygen atoms in total. The molecule has 96 valence electrons. The Morgan fingerprint density at radius 1 is 1.41 bits per heavy atom. The average Bonchev–Trinajstić information content (AvgIpc) is 2.30. The summed E-state index contributed by atoms with van der Waals surface area (Å²) in [5.74, 6) is -0.661. The summed E-state index contributed by atoms with van der Waals surface area (Å²) >= 11 is 0. The lowest BCUT2D eigenvalue weighted by Gasteiger charge is -2.38. The molecule has 1 saturated heterocycles. The van der Waals surface area contributed by atoms with Gasteiger partial charge in [-0.25, -0.2) is 0 Å². The Hall–Kier alpha value is -1.32. The van der Waals surface area contributed by atoms with E-state index >= 15 is 0 Å². The highest BCUT2D eigenvalue weighted by Crippen LogP contribution is 2.36. The van der Waals surface area contributed by atoms with Gasteiger partial charge < -0.3 is 10.0 Å². The maximum atomic E-state index is 11.6. The van der Waals surface area contributed by atoms with E-state index in [9.17, 15) is 14.7 Å². The molecule has 1 fully saturated rings. The van der Waals surface area contributed by atoms with Gasteiger partial charge >= 0.3 is 5.97 Å². The summed E-state index contributed by atoms with van der Waals surface area (Å²) in [6.45, 7) is 6.65. The minimum Gasteiger partial charge on any atom is -0.481 e. The smallest absolute Gasteiger partial charge is 0.309 e. The van der Waals surface area contributed by atoms with Crippen LogP contribution in [-0.2, 0) is 9.59 Å². The summed E-state index contributed by atoms with van der Waals surface area (Å²) in [4.78, 5) is 24.7. The summed E-state index contributed by atoms with van der Waals surface area (Å²) in [6.07, 6.45) is 4.64. The van der Waals surface area contributed by atoms with Gasteiger partial charge in [-0.3, -0.25) is 9.59 Å². The van der Waals surface area contributed by atoms with E-state index in [-0.39, 0.29) is 5.91 Å². The molecule has 0 atom stereocenters. The molecule has 0 bridgehead atoms. The molecule has 0 saturated carbocycles. The molecule has 1 aliphatic rings. The Bertz CT molecular complexity index is 304. The fourth-order valence-electron chi connectivity index (χ4n) is 2.49. The molecule has 1 aliphatic heterocycles. The van der Waals surface area contributed by atoms with Crippen LogP contribution in [0.4, 0.5) is 0 Å². The molecular formula is C13H21NO3. The Kier molecular flexibility index (Phi) is 4.73. The quantitative estimate of drug-likeness (QED) is 0.747. The summed E-state index contributed by atoms with van der Waals surface area (Å²) in [5, 5.41) is 9.33. The maximum absolute atomic E-state index is 11.6. The lowest BCUT2D eigenvalue weighted by molar-refractivity contribution is -0.154. The molecule has 0 aromatic heterocycles. The number of rotatable bonds is 5. The topological polar surface area (TPSA) is 57.6 Å². The number of carbonyl (C=O) groups excluding carboxylic acids is 1. The van der Waals surface area contributed by atoms with Crippen LogP contribution in [0.25, 0.3) is 0 Å². The fraction of sp³-hybridized carbons (Fsp3) is 0.692. The highest BCUT2D eigenvalue weighted by molar-refractivity contribution is 5.79. The molecule has 1 N–H and O–H groups in total. The number of likely N-dealkylation sites (tertiary alicyclic amines) is 1. The normalized spacial score (nSPS) is 18.8. The number of amides is 1. The third-order valence-corrected chi connectivity index (χ3v) is 3.57. The summed E-state index contributed by atoms with van der Waals surface area (Å²) < 4.78 is 0. The van der Waals surface area contributed by atoms with Crippen LogP contribution in [0.1, 0.15) is 39.0 Å². The van der Waals surface area contributed by atoms with Crippen molar-refractivity contribution in [3.05, 3.63) is 12.7 Å². The van der Waals surface area contributed by atoms with Crippen molar-refractivity contribution in [2.45, 2.75) is 39.0 Å². The van der Waals surface area contributed by atoms with Crippen LogP contribution < -0.4 is 0 Å². The molecule has 0 unspecified atom stereocenters. The average molecular weight is 239 g/mol. The van der Waals surface area contributed by atoms with Crippen LogP contribution >= 0.6 is 0 Å². The highest BCUT2D eigenvalue weighted by atomic mass is 16.4. The minimum absolute atomic E-state index is 0.0514. The van der Waals surface area contributed by atoms with Crippen molar-refractivity contribution in [1.82, 2.24) is 4.90 Å². The minimum atomic E-state index is -0.713. The first-order valence-corrected chi connectivity index (χ1v) is 6.18. The van der Waals surface area contributed by atoms with Gasteiger partial charge in [0.05, 0.1) is 5.41 Å². The van der Waals surface area contributed by atoms with Crippen molar-refractivity contribution >= 4 is 11.9 Å². The second kappa shape index (κ2) is 5.84. The van der Waals surface area contributed by atoms with Crippen LogP contribution in [0.3, 0.4) is 0 Å². The van der Waals surface area contributed by atoms with E-state index in [2.05, 4.69) is 6.58 Å². The zero-order chi connectivity index (χ0) is 12.9. The second-order valence-electron chi connectivity index (χ2n) is 4.71. The van der Waals surface area contributed by atoms with Crippen LogP contribution in [0.2, 0.25) is 0 Å². The number of aliphatic carboxylic acids is 1. The SMILES string of the molecule is C=CCC(=O)N1CCC(CCC)(C(=O)O)CC1. The molecule has 0 aromatic rings. The molecule has 17 heavy (non-hydrogen) atoms. The van der Waals surface area contributed by atoms with Crippen molar-refractivity contribution in [2.75, 3.05) is 13.1 Å². The molecule has 0 aromatic carbocycles. The largest absolute Gasteiger partial charge is 0.481 e. The third-order valence-electron chi connectivity index (χ3n) is 3.57. The molecule has 4 heteroatoms. The number of hydrogen-bond acceptors (Lipinski definition) is 2. The predicted octanol–water partition coefficient (Wildman–Crippen LogP) is 2.06.